The van der Waals surface area contributed by atoms with Gasteiger partial charge >= 0.3 is 5.97 Å². The number of hydrogen-bond acceptors (Lipinski definition) is 9. The minimum atomic E-state index is -0.476. The smallest absolute Gasteiger partial charge is 0.344 e. The summed E-state index contributed by atoms with van der Waals surface area (Å²) in [7, 11) is 0. The Bertz CT molecular complexity index is 1180. The fourth-order valence-electron chi connectivity index (χ4n) is 3.01. The van der Waals surface area contributed by atoms with E-state index in [0.29, 0.717) is 36.6 Å². The van der Waals surface area contributed by atoms with Crippen molar-refractivity contribution < 1.29 is 19.2 Å². The molecule has 0 aliphatic rings. The summed E-state index contributed by atoms with van der Waals surface area (Å²) < 4.78 is 10.6. The summed E-state index contributed by atoms with van der Waals surface area (Å²) >= 11 is 0. The molecule has 178 valence electrons. The summed E-state index contributed by atoms with van der Waals surface area (Å²) in [6.07, 6.45) is 0.312. The second kappa shape index (κ2) is 13.1. The van der Waals surface area contributed by atoms with E-state index in [4.69, 9.17) is 14.7 Å². The number of ether oxygens (including phenoxy) is 2. The van der Waals surface area contributed by atoms with Crippen LogP contribution in [0.15, 0.2) is 89.1 Å². The van der Waals surface area contributed by atoms with Gasteiger partial charge < -0.3 is 14.4 Å². The third-order valence-corrected chi connectivity index (χ3v) is 4.77. The van der Waals surface area contributed by atoms with Crippen molar-refractivity contribution in [2.24, 2.45) is 10.2 Å². The standard InChI is InChI=1S/C25H23N5O5/c26-15-4-16-29(17-18-34-25(31)19-35-24-5-2-1-3-6-24)22-11-7-20(8-12-22)27-28-21-9-13-23(14-10-21)30(32)33/h1-3,5-14H,4,16-19H2. The monoisotopic (exact) mass is 473 g/mol. The van der Waals surface area contributed by atoms with E-state index >= 15 is 0 Å². The molecule has 0 fully saturated rings. The molecule has 0 aliphatic heterocycles. The van der Waals surface area contributed by atoms with Crippen LogP contribution in [0, 0.1) is 21.4 Å². The Hall–Kier alpha value is -4.78. The number of para-hydroxylation sites is 1. The number of carbonyl (C=O) groups is 1. The average Bonchev–Trinajstić information content (AvgIpc) is 2.89. The minimum absolute atomic E-state index is 0.0137. The van der Waals surface area contributed by atoms with Crippen molar-refractivity contribution in [1.29, 1.82) is 5.26 Å². The first-order chi connectivity index (χ1) is 17.0. The van der Waals surface area contributed by atoms with Gasteiger partial charge in [0.25, 0.3) is 5.69 Å². The number of azo groups is 1. The van der Waals surface area contributed by atoms with Crippen molar-refractivity contribution in [3.8, 4) is 11.8 Å². The number of nitro benzene ring substituents is 1. The predicted octanol–water partition coefficient (Wildman–Crippen LogP) is 5.35. The van der Waals surface area contributed by atoms with Crippen LogP contribution in [0.2, 0.25) is 0 Å². The largest absolute Gasteiger partial charge is 0.482 e. The number of anilines is 1. The van der Waals surface area contributed by atoms with Gasteiger partial charge in [-0.1, -0.05) is 18.2 Å². The number of non-ortho nitro benzene ring substituents is 1. The summed E-state index contributed by atoms with van der Waals surface area (Å²) in [5, 5.41) is 27.9. The molecule has 0 radical (unpaired) electrons. The molecule has 0 unspecified atom stereocenters. The summed E-state index contributed by atoms with van der Waals surface area (Å²) in [5.74, 6) is 0.113. The van der Waals surface area contributed by atoms with Gasteiger partial charge in [0.2, 0.25) is 0 Å². The molecule has 0 saturated heterocycles. The molecule has 0 bridgehead atoms. The van der Waals surface area contributed by atoms with Crippen LogP contribution in [0.3, 0.4) is 0 Å². The van der Waals surface area contributed by atoms with Crippen molar-refractivity contribution in [2.75, 3.05) is 31.2 Å². The van der Waals surface area contributed by atoms with E-state index in [1.165, 1.54) is 24.3 Å². The van der Waals surface area contributed by atoms with Gasteiger partial charge in [0.1, 0.15) is 12.4 Å². The Morgan fingerprint density at radius 3 is 2.17 bits per heavy atom. The van der Waals surface area contributed by atoms with E-state index in [0.717, 1.165) is 5.69 Å². The second-order valence-electron chi connectivity index (χ2n) is 7.21. The van der Waals surface area contributed by atoms with Gasteiger partial charge in [0.15, 0.2) is 6.61 Å². The van der Waals surface area contributed by atoms with Crippen molar-refractivity contribution >= 4 is 28.7 Å². The van der Waals surface area contributed by atoms with Crippen LogP contribution in [0.1, 0.15) is 6.42 Å². The van der Waals surface area contributed by atoms with Crippen LogP contribution in [0.5, 0.6) is 5.75 Å². The molecule has 0 aromatic heterocycles. The molecule has 0 spiro atoms. The van der Waals surface area contributed by atoms with Crippen molar-refractivity contribution in [3.05, 3.63) is 89.0 Å². The van der Waals surface area contributed by atoms with Gasteiger partial charge in [-0.05, 0) is 48.5 Å². The molecule has 0 saturated carbocycles. The lowest BCUT2D eigenvalue weighted by Gasteiger charge is -2.23. The fourth-order valence-corrected chi connectivity index (χ4v) is 3.01. The summed E-state index contributed by atoms with van der Waals surface area (Å²) in [4.78, 5) is 24.1. The zero-order valence-electron chi connectivity index (χ0n) is 18.8. The van der Waals surface area contributed by atoms with Gasteiger partial charge in [0, 0.05) is 24.4 Å². The van der Waals surface area contributed by atoms with Crippen LogP contribution in [0.4, 0.5) is 22.7 Å². The van der Waals surface area contributed by atoms with E-state index in [1.54, 1.807) is 24.3 Å². The van der Waals surface area contributed by atoms with Gasteiger partial charge in [-0.25, -0.2) is 4.79 Å². The van der Waals surface area contributed by atoms with Gasteiger partial charge in [-0.3, -0.25) is 10.1 Å². The van der Waals surface area contributed by atoms with E-state index in [1.807, 2.05) is 35.2 Å². The molecule has 0 heterocycles. The number of nitrogens with zero attached hydrogens (tertiary/aromatic N) is 5. The number of nitriles is 1. The number of carbonyl (C=O) groups excluding carboxylic acids is 1. The summed E-state index contributed by atoms with van der Waals surface area (Å²) in [6, 6.07) is 24.1. The summed E-state index contributed by atoms with van der Waals surface area (Å²) in [6.45, 7) is 0.835. The van der Waals surface area contributed by atoms with Gasteiger partial charge in [0.05, 0.1) is 35.3 Å². The highest BCUT2D eigenvalue weighted by Gasteiger charge is 2.10. The molecule has 10 nitrogen and oxygen atoms in total. The Kier molecular flexibility index (Phi) is 9.27. The molecule has 35 heavy (non-hydrogen) atoms. The zero-order valence-corrected chi connectivity index (χ0v) is 18.8. The third-order valence-electron chi connectivity index (χ3n) is 4.77. The predicted molar refractivity (Wildman–Crippen MR) is 129 cm³/mol. The summed E-state index contributed by atoms with van der Waals surface area (Å²) in [5.41, 5.74) is 1.91. The number of esters is 1. The van der Waals surface area contributed by atoms with Crippen molar-refractivity contribution in [3.63, 3.8) is 0 Å². The zero-order chi connectivity index (χ0) is 24.9. The first-order valence-corrected chi connectivity index (χ1v) is 10.8. The maximum Gasteiger partial charge on any atom is 0.344 e. The third kappa shape index (κ3) is 8.25. The topological polar surface area (TPSA) is 130 Å². The van der Waals surface area contributed by atoms with Crippen LogP contribution in [-0.2, 0) is 9.53 Å². The van der Waals surface area contributed by atoms with E-state index in [9.17, 15) is 14.9 Å². The van der Waals surface area contributed by atoms with Gasteiger partial charge in [-0.15, -0.1) is 0 Å². The lowest BCUT2D eigenvalue weighted by molar-refractivity contribution is -0.384. The molecule has 0 atom stereocenters. The van der Waals surface area contributed by atoms with Crippen LogP contribution >= 0.6 is 0 Å². The quantitative estimate of drug-likeness (QED) is 0.150. The van der Waals surface area contributed by atoms with E-state index < -0.39 is 10.9 Å². The first-order valence-electron chi connectivity index (χ1n) is 10.8. The fraction of sp³-hybridized carbons (Fsp3) is 0.200. The molecule has 0 aliphatic carbocycles. The molecule has 3 aromatic carbocycles. The number of rotatable bonds is 12. The maximum atomic E-state index is 12.0. The van der Waals surface area contributed by atoms with E-state index in [-0.39, 0.29) is 18.9 Å². The van der Waals surface area contributed by atoms with Crippen LogP contribution in [-0.4, -0.2) is 37.2 Å². The number of benzene rings is 3. The Morgan fingerprint density at radius 1 is 0.943 bits per heavy atom. The van der Waals surface area contributed by atoms with Crippen LogP contribution < -0.4 is 9.64 Å². The normalized spacial score (nSPS) is 10.5. The second-order valence-corrected chi connectivity index (χ2v) is 7.21. The number of nitro groups is 1. The lowest BCUT2D eigenvalue weighted by Crippen LogP contribution is -2.30. The SMILES string of the molecule is N#CCCN(CCOC(=O)COc1ccccc1)c1ccc(N=Nc2ccc([N+](=O)[O-])cc2)cc1. The van der Waals surface area contributed by atoms with E-state index in [2.05, 4.69) is 16.3 Å². The lowest BCUT2D eigenvalue weighted by atomic mass is 10.2. The van der Waals surface area contributed by atoms with Crippen molar-refractivity contribution in [2.45, 2.75) is 6.42 Å². The minimum Gasteiger partial charge on any atom is -0.482 e. The molecule has 3 rings (SSSR count). The molecule has 0 N–H and O–H groups in total. The van der Waals surface area contributed by atoms with Crippen molar-refractivity contribution in [1.82, 2.24) is 0 Å². The molecule has 0 amide bonds. The first kappa shape index (κ1) is 24.9. The molecule has 10 heteroatoms. The Balaban J connectivity index is 1.52. The number of hydrogen-bond donors (Lipinski definition) is 0. The molecule has 3 aromatic rings. The molecular weight excluding hydrogens is 450 g/mol. The van der Waals surface area contributed by atoms with Gasteiger partial charge in [-0.2, -0.15) is 15.5 Å². The Morgan fingerprint density at radius 2 is 1.57 bits per heavy atom. The highest BCUT2D eigenvalue weighted by Crippen LogP contribution is 2.24. The van der Waals surface area contributed by atoms with Crippen LogP contribution in [0.25, 0.3) is 0 Å². The maximum absolute atomic E-state index is 12.0. The highest BCUT2D eigenvalue weighted by atomic mass is 16.6. The highest BCUT2D eigenvalue weighted by molar-refractivity contribution is 5.71. The molecular formula is C25H23N5O5. The Labute approximate surface area is 202 Å². The average molecular weight is 473 g/mol.